The van der Waals surface area contributed by atoms with Crippen molar-refractivity contribution in [3.05, 3.63) is 47.0 Å². The molecule has 1 aliphatic heterocycles. The molecule has 1 unspecified atom stereocenters. The fourth-order valence-electron chi connectivity index (χ4n) is 3.65. The first-order valence-corrected chi connectivity index (χ1v) is 10.3. The molecule has 7 nitrogen and oxygen atoms in total. The number of ether oxygens (including phenoxy) is 2. The van der Waals surface area contributed by atoms with Crippen LogP contribution in [0, 0.1) is 0 Å². The highest BCUT2D eigenvalue weighted by Crippen LogP contribution is 2.37. The van der Waals surface area contributed by atoms with Crippen molar-refractivity contribution in [3.8, 4) is 17.2 Å². The molecule has 0 aromatic heterocycles. The van der Waals surface area contributed by atoms with Crippen LogP contribution in [0.15, 0.2) is 41.4 Å². The lowest BCUT2D eigenvalue weighted by atomic mass is 10.0. The Morgan fingerprint density at radius 3 is 2.52 bits per heavy atom. The van der Waals surface area contributed by atoms with Crippen LogP contribution in [0.25, 0.3) is 0 Å². The number of aromatic hydroxyl groups is 1. The van der Waals surface area contributed by atoms with Crippen LogP contribution in [0.4, 0.5) is 5.69 Å². The number of piperidine rings is 1. The van der Waals surface area contributed by atoms with Gasteiger partial charge in [-0.1, -0.05) is 23.7 Å². The van der Waals surface area contributed by atoms with Gasteiger partial charge in [-0.15, -0.1) is 24.0 Å². The molecule has 1 aliphatic rings. The van der Waals surface area contributed by atoms with Gasteiger partial charge < -0.3 is 30.1 Å². The number of aliphatic imine (C=N–C) groups is 1. The minimum Gasteiger partial charge on any atom is -0.502 e. The molecule has 0 spiro atoms. The van der Waals surface area contributed by atoms with Gasteiger partial charge in [0.05, 0.1) is 24.9 Å². The van der Waals surface area contributed by atoms with Crippen molar-refractivity contribution in [2.45, 2.75) is 25.4 Å². The number of benzene rings is 2. The number of phenolic OH excluding ortho intramolecular Hbond substituents is 1. The van der Waals surface area contributed by atoms with Crippen molar-refractivity contribution in [2.24, 2.45) is 4.99 Å². The largest absolute Gasteiger partial charge is 0.502 e. The smallest absolute Gasteiger partial charge is 0.200 e. The zero-order valence-electron chi connectivity index (χ0n) is 18.0. The molecule has 1 saturated heterocycles. The van der Waals surface area contributed by atoms with Gasteiger partial charge in [-0.25, -0.2) is 0 Å². The number of nitrogens with zero attached hydrogens (tertiary/aromatic N) is 2. The molecule has 31 heavy (non-hydrogen) atoms. The quantitative estimate of drug-likeness (QED) is 0.282. The number of rotatable bonds is 6. The van der Waals surface area contributed by atoms with E-state index in [0.717, 1.165) is 42.2 Å². The molecule has 0 aliphatic carbocycles. The summed E-state index contributed by atoms with van der Waals surface area (Å²) in [5, 5.41) is 17.7. The van der Waals surface area contributed by atoms with Crippen LogP contribution in [0.1, 0.15) is 18.4 Å². The highest BCUT2D eigenvalue weighted by Gasteiger charge is 2.22. The molecule has 1 atom stereocenters. The predicted molar refractivity (Wildman–Crippen MR) is 137 cm³/mol. The zero-order chi connectivity index (χ0) is 21.5. The van der Waals surface area contributed by atoms with Crippen LogP contribution < -0.4 is 25.0 Å². The summed E-state index contributed by atoms with van der Waals surface area (Å²) in [5.74, 6) is 1.45. The Kier molecular flexibility index (Phi) is 9.83. The number of hydrogen-bond acceptors (Lipinski definition) is 5. The minimum atomic E-state index is -0.00636. The lowest BCUT2D eigenvalue weighted by Crippen LogP contribution is -2.51. The second-order valence-corrected chi connectivity index (χ2v) is 7.56. The standard InChI is InChI=1S/C22H29ClN4O3.HI/c1-24-22(25-13-15-11-19(29-2)21(28)20(12-15)30-3)26-16-7-6-10-27(14-16)18-9-5-4-8-17(18)23;/h4-5,8-9,11-12,16,28H,6-7,10,13-14H2,1-3H3,(H2,24,25,26);1H. The Labute approximate surface area is 205 Å². The highest BCUT2D eigenvalue weighted by atomic mass is 127. The SMILES string of the molecule is CN=C(NCc1cc(OC)c(O)c(OC)c1)NC1CCCN(c2ccccc2Cl)C1.I. The summed E-state index contributed by atoms with van der Waals surface area (Å²) in [7, 11) is 4.78. The maximum atomic E-state index is 10.1. The maximum Gasteiger partial charge on any atom is 0.200 e. The fraction of sp³-hybridized carbons (Fsp3) is 0.409. The van der Waals surface area contributed by atoms with E-state index in [-0.39, 0.29) is 35.8 Å². The summed E-state index contributed by atoms with van der Waals surface area (Å²) in [5.41, 5.74) is 1.97. The Hall–Kier alpha value is -2.07. The summed E-state index contributed by atoms with van der Waals surface area (Å²) in [6.45, 7) is 2.35. The van der Waals surface area contributed by atoms with Crippen molar-refractivity contribution in [3.63, 3.8) is 0 Å². The van der Waals surface area contributed by atoms with E-state index in [9.17, 15) is 5.11 Å². The van der Waals surface area contributed by atoms with Gasteiger partial charge >= 0.3 is 0 Å². The van der Waals surface area contributed by atoms with Crippen molar-refractivity contribution in [2.75, 3.05) is 39.3 Å². The summed E-state index contributed by atoms with van der Waals surface area (Å²) in [6.07, 6.45) is 2.13. The molecule has 170 valence electrons. The lowest BCUT2D eigenvalue weighted by Gasteiger charge is -2.35. The van der Waals surface area contributed by atoms with Crippen LogP contribution in [-0.2, 0) is 6.54 Å². The first kappa shape index (κ1) is 25.2. The third kappa shape index (κ3) is 6.46. The van der Waals surface area contributed by atoms with E-state index < -0.39 is 0 Å². The van der Waals surface area contributed by atoms with Gasteiger partial charge in [0.1, 0.15) is 0 Å². The van der Waals surface area contributed by atoms with E-state index in [4.69, 9.17) is 21.1 Å². The van der Waals surface area contributed by atoms with Gasteiger partial charge in [-0.3, -0.25) is 4.99 Å². The number of phenols is 1. The molecule has 0 saturated carbocycles. The molecule has 1 heterocycles. The topological polar surface area (TPSA) is 78.4 Å². The van der Waals surface area contributed by atoms with Gasteiger partial charge in [0.25, 0.3) is 0 Å². The molecule has 0 bridgehead atoms. The molecule has 2 aromatic rings. The molecule has 3 N–H and O–H groups in total. The maximum absolute atomic E-state index is 10.1. The number of para-hydroxylation sites is 1. The zero-order valence-corrected chi connectivity index (χ0v) is 21.1. The normalized spacial score (nSPS) is 16.3. The molecule has 0 radical (unpaired) electrons. The molecule has 3 rings (SSSR count). The molecule has 1 fully saturated rings. The van der Waals surface area contributed by atoms with Crippen LogP contribution in [0.5, 0.6) is 17.2 Å². The number of methoxy groups -OCH3 is 2. The van der Waals surface area contributed by atoms with Gasteiger partial charge in [-0.2, -0.15) is 0 Å². The van der Waals surface area contributed by atoms with Gasteiger partial charge in [-0.05, 0) is 42.7 Å². The Bertz CT molecular complexity index is 872. The summed E-state index contributed by atoms with van der Waals surface area (Å²) in [4.78, 5) is 6.67. The van der Waals surface area contributed by atoms with E-state index in [1.165, 1.54) is 14.2 Å². The number of guanidine groups is 1. The lowest BCUT2D eigenvalue weighted by molar-refractivity contribution is 0.339. The molecule has 2 aromatic carbocycles. The first-order chi connectivity index (χ1) is 14.5. The molecular weight excluding hydrogens is 531 g/mol. The van der Waals surface area contributed by atoms with E-state index in [0.29, 0.717) is 24.0 Å². The van der Waals surface area contributed by atoms with Crippen molar-refractivity contribution < 1.29 is 14.6 Å². The predicted octanol–water partition coefficient (Wildman–Crippen LogP) is 4.01. The van der Waals surface area contributed by atoms with Gasteiger partial charge in [0.15, 0.2) is 17.5 Å². The average Bonchev–Trinajstić information content (AvgIpc) is 2.77. The van der Waals surface area contributed by atoms with Crippen LogP contribution in [0.2, 0.25) is 5.02 Å². The van der Waals surface area contributed by atoms with E-state index in [1.54, 1.807) is 19.2 Å². The number of nitrogens with one attached hydrogen (secondary N) is 2. The molecule has 0 amide bonds. The number of anilines is 1. The monoisotopic (exact) mass is 560 g/mol. The third-order valence-electron chi connectivity index (χ3n) is 5.18. The second kappa shape index (κ2) is 12.1. The van der Waals surface area contributed by atoms with Crippen LogP contribution in [0.3, 0.4) is 0 Å². The highest BCUT2D eigenvalue weighted by molar-refractivity contribution is 14.0. The summed E-state index contributed by atoms with van der Waals surface area (Å²) < 4.78 is 10.5. The number of halogens is 2. The van der Waals surface area contributed by atoms with Crippen LogP contribution >= 0.6 is 35.6 Å². The fourth-order valence-corrected chi connectivity index (χ4v) is 3.90. The van der Waals surface area contributed by atoms with Crippen molar-refractivity contribution >= 4 is 47.2 Å². The molecule has 9 heteroatoms. The minimum absolute atomic E-state index is 0. The summed E-state index contributed by atoms with van der Waals surface area (Å²) in [6, 6.07) is 11.8. The summed E-state index contributed by atoms with van der Waals surface area (Å²) >= 11 is 6.38. The van der Waals surface area contributed by atoms with Crippen LogP contribution in [-0.4, -0.2) is 51.5 Å². The van der Waals surface area contributed by atoms with E-state index in [2.05, 4.69) is 26.6 Å². The van der Waals surface area contributed by atoms with Crippen molar-refractivity contribution in [1.82, 2.24) is 10.6 Å². The van der Waals surface area contributed by atoms with Crippen molar-refractivity contribution in [1.29, 1.82) is 0 Å². The number of hydrogen-bond donors (Lipinski definition) is 3. The first-order valence-electron chi connectivity index (χ1n) is 9.96. The Morgan fingerprint density at radius 1 is 1.23 bits per heavy atom. The third-order valence-corrected chi connectivity index (χ3v) is 5.50. The second-order valence-electron chi connectivity index (χ2n) is 7.16. The molecular formula is C22H30ClIN4O3. The van der Waals surface area contributed by atoms with E-state index >= 15 is 0 Å². The van der Waals surface area contributed by atoms with Gasteiger partial charge in [0, 0.05) is 32.7 Å². The Balaban J connectivity index is 0.00000341. The average molecular weight is 561 g/mol. The van der Waals surface area contributed by atoms with E-state index in [1.807, 2.05) is 18.2 Å². The van der Waals surface area contributed by atoms with Gasteiger partial charge in [0.2, 0.25) is 5.75 Å². The Morgan fingerprint density at radius 2 is 1.90 bits per heavy atom.